The van der Waals surface area contributed by atoms with E-state index >= 15 is 0 Å². The Hall–Kier alpha value is -3.44. The van der Waals surface area contributed by atoms with Gasteiger partial charge in [-0.05, 0) is 72.0 Å². The van der Waals surface area contributed by atoms with Crippen molar-refractivity contribution in [3.05, 3.63) is 112 Å². The molecule has 0 spiro atoms. The second-order valence-electron chi connectivity index (χ2n) is 8.60. The number of rotatable bonds is 6. The first-order chi connectivity index (χ1) is 16.3. The zero-order chi connectivity index (χ0) is 24.2. The van der Waals surface area contributed by atoms with Crippen LogP contribution < -0.4 is 9.80 Å². The van der Waals surface area contributed by atoms with E-state index < -0.39 is 0 Å². The van der Waals surface area contributed by atoms with E-state index in [2.05, 4.69) is 74.3 Å². The Labute approximate surface area is 210 Å². The normalized spacial score (nSPS) is 10.7. The van der Waals surface area contributed by atoms with Gasteiger partial charge in [-0.15, -0.1) is 0 Å². The molecule has 1 heterocycles. The molecule has 0 N–H and O–H groups in total. The van der Waals surface area contributed by atoms with Gasteiger partial charge in [0.05, 0.1) is 6.54 Å². The molecule has 1 amide bonds. The highest BCUT2D eigenvalue weighted by atomic mass is 79.9. The third kappa shape index (κ3) is 5.05. The summed E-state index contributed by atoms with van der Waals surface area (Å²) in [6, 6.07) is 24.7. The van der Waals surface area contributed by atoms with Crippen LogP contribution in [-0.4, -0.2) is 25.0 Å². The van der Waals surface area contributed by atoms with Crippen molar-refractivity contribution >= 4 is 33.2 Å². The van der Waals surface area contributed by atoms with Gasteiger partial charge >= 0.3 is 0 Å². The zero-order valence-corrected chi connectivity index (χ0v) is 21.5. The molecule has 3 aromatic carbocycles. The molecule has 0 aliphatic rings. The van der Waals surface area contributed by atoms with Crippen LogP contribution in [0.3, 0.4) is 0 Å². The van der Waals surface area contributed by atoms with Crippen LogP contribution in [0.15, 0.2) is 89.7 Å². The van der Waals surface area contributed by atoms with Crippen molar-refractivity contribution in [2.45, 2.75) is 20.4 Å². The molecule has 0 saturated carbocycles. The van der Waals surface area contributed by atoms with Crippen molar-refractivity contribution in [1.82, 2.24) is 4.98 Å². The number of anilines is 2. The molecule has 34 heavy (non-hydrogen) atoms. The quantitative estimate of drug-likeness (QED) is 0.277. The van der Waals surface area contributed by atoms with Gasteiger partial charge in [0.1, 0.15) is 0 Å². The Morgan fingerprint density at radius 3 is 2.15 bits per heavy atom. The number of benzene rings is 3. The molecule has 0 atom stereocenters. The minimum atomic E-state index is -0.0375. The number of hydrogen-bond donors (Lipinski definition) is 0. The third-order valence-electron chi connectivity index (χ3n) is 6.04. The number of nitrogens with zero attached hydrogens (tertiary/aromatic N) is 3. The van der Waals surface area contributed by atoms with Gasteiger partial charge < -0.3 is 9.80 Å². The average Bonchev–Trinajstić information content (AvgIpc) is 2.85. The van der Waals surface area contributed by atoms with Crippen molar-refractivity contribution < 1.29 is 4.79 Å². The van der Waals surface area contributed by atoms with E-state index in [4.69, 9.17) is 0 Å². The average molecular weight is 514 g/mol. The van der Waals surface area contributed by atoms with E-state index in [1.54, 1.807) is 18.5 Å². The first-order valence-electron chi connectivity index (χ1n) is 11.2. The maximum Gasteiger partial charge on any atom is 0.258 e. The van der Waals surface area contributed by atoms with E-state index in [1.165, 1.54) is 11.3 Å². The van der Waals surface area contributed by atoms with E-state index in [9.17, 15) is 4.79 Å². The predicted octanol–water partition coefficient (Wildman–Crippen LogP) is 7.04. The van der Waals surface area contributed by atoms with Crippen molar-refractivity contribution in [1.29, 1.82) is 0 Å². The van der Waals surface area contributed by atoms with Crippen LogP contribution in [0.5, 0.6) is 0 Å². The van der Waals surface area contributed by atoms with Gasteiger partial charge in [0.2, 0.25) is 0 Å². The van der Waals surface area contributed by atoms with Gasteiger partial charge in [-0.1, -0.05) is 58.4 Å². The number of halogens is 1. The molecule has 0 aliphatic heterocycles. The smallest absolute Gasteiger partial charge is 0.258 e. The maximum atomic E-state index is 13.7. The first kappa shape index (κ1) is 23.7. The van der Waals surface area contributed by atoms with Crippen LogP contribution in [0.4, 0.5) is 11.4 Å². The Morgan fingerprint density at radius 2 is 1.53 bits per heavy atom. The number of aromatic nitrogens is 1. The molecule has 5 heteroatoms. The molecule has 4 rings (SSSR count). The Kier molecular flexibility index (Phi) is 7.13. The van der Waals surface area contributed by atoms with Crippen molar-refractivity contribution in [3.63, 3.8) is 0 Å². The fraction of sp³-hybridized carbons (Fsp3) is 0.172. The molecule has 4 nitrogen and oxygen atoms in total. The van der Waals surface area contributed by atoms with E-state index in [-0.39, 0.29) is 5.91 Å². The Balaban J connectivity index is 1.66. The highest BCUT2D eigenvalue weighted by Gasteiger charge is 2.22. The summed E-state index contributed by atoms with van der Waals surface area (Å²) < 4.78 is 0.978. The number of pyridine rings is 1. The molecular weight excluding hydrogens is 486 g/mol. The highest BCUT2D eigenvalue weighted by Crippen LogP contribution is 2.30. The summed E-state index contributed by atoms with van der Waals surface area (Å²) in [5, 5.41) is 0. The molecule has 0 unspecified atom stereocenters. The molecule has 0 fully saturated rings. The fourth-order valence-corrected chi connectivity index (χ4v) is 4.31. The molecule has 0 radical (unpaired) electrons. The SMILES string of the molecule is Cc1cnccc1C(=O)N(Cc1ccc(-c2ccc(N(C)C)cc2)cc1)c1cccc(Br)c1C. The van der Waals surface area contributed by atoms with Crippen molar-refractivity contribution in [2.24, 2.45) is 0 Å². The van der Waals surface area contributed by atoms with E-state index in [0.717, 1.165) is 32.4 Å². The summed E-state index contributed by atoms with van der Waals surface area (Å²) in [6.45, 7) is 4.42. The Bertz CT molecular complexity index is 1300. The van der Waals surface area contributed by atoms with Crippen LogP contribution in [0, 0.1) is 13.8 Å². The molecular formula is C29H28BrN3O. The van der Waals surface area contributed by atoms with Gasteiger partial charge in [-0.3, -0.25) is 9.78 Å². The highest BCUT2D eigenvalue weighted by molar-refractivity contribution is 9.10. The lowest BCUT2D eigenvalue weighted by atomic mass is 10.0. The molecule has 4 aromatic rings. The van der Waals surface area contributed by atoms with Gasteiger partial charge in [0.15, 0.2) is 0 Å². The minimum Gasteiger partial charge on any atom is -0.378 e. The van der Waals surface area contributed by atoms with Gasteiger partial charge in [0.25, 0.3) is 5.91 Å². The monoisotopic (exact) mass is 513 g/mol. The lowest BCUT2D eigenvalue weighted by Crippen LogP contribution is -2.31. The molecule has 1 aromatic heterocycles. The minimum absolute atomic E-state index is 0.0375. The van der Waals surface area contributed by atoms with Gasteiger partial charge in [-0.2, -0.15) is 0 Å². The maximum absolute atomic E-state index is 13.7. The number of hydrogen-bond acceptors (Lipinski definition) is 3. The van der Waals surface area contributed by atoms with Crippen LogP contribution >= 0.6 is 15.9 Å². The standard InChI is InChI=1S/C29H28BrN3O/c1-20-18-31-17-16-26(20)29(34)33(28-7-5-6-27(30)21(28)2)19-22-8-10-23(11-9-22)24-12-14-25(15-13-24)32(3)4/h5-18H,19H2,1-4H3. The summed E-state index contributed by atoms with van der Waals surface area (Å²) >= 11 is 3.62. The summed E-state index contributed by atoms with van der Waals surface area (Å²) in [5.74, 6) is -0.0375. The summed E-state index contributed by atoms with van der Waals surface area (Å²) in [7, 11) is 4.08. The zero-order valence-electron chi connectivity index (χ0n) is 19.9. The van der Waals surface area contributed by atoms with Gasteiger partial charge in [-0.25, -0.2) is 0 Å². The second-order valence-corrected chi connectivity index (χ2v) is 9.46. The van der Waals surface area contributed by atoms with Crippen molar-refractivity contribution in [2.75, 3.05) is 23.9 Å². The topological polar surface area (TPSA) is 36.4 Å². The van der Waals surface area contributed by atoms with Crippen molar-refractivity contribution in [3.8, 4) is 11.1 Å². The number of aryl methyl sites for hydroxylation is 1. The fourth-order valence-electron chi connectivity index (χ4n) is 3.95. The lowest BCUT2D eigenvalue weighted by Gasteiger charge is -2.26. The third-order valence-corrected chi connectivity index (χ3v) is 6.90. The summed E-state index contributed by atoms with van der Waals surface area (Å²) in [6.07, 6.45) is 3.40. The van der Waals surface area contributed by atoms with Crippen LogP contribution in [0.25, 0.3) is 11.1 Å². The summed E-state index contributed by atoms with van der Waals surface area (Å²) in [4.78, 5) is 21.8. The van der Waals surface area contributed by atoms with Crippen LogP contribution in [0.1, 0.15) is 27.0 Å². The molecule has 0 bridgehead atoms. The molecule has 172 valence electrons. The van der Waals surface area contributed by atoms with E-state index in [1.807, 2.05) is 51.0 Å². The van der Waals surface area contributed by atoms with Gasteiger partial charge in [0, 0.05) is 47.9 Å². The lowest BCUT2D eigenvalue weighted by molar-refractivity contribution is 0.0984. The molecule has 0 saturated heterocycles. The number of carbonyl (C=O) groups excluding carboxylic acids is 1. The van der Waals surface area contributed by atoms with E-state index in [0.29, 0.717) is 12.1 Å². The molecule has 0 aliphatic carbocycles. The number of amides is 1. The van der Waals surface area contributed by atoms with Crippen LogP contribution in [0.2, 0.25) is 0 Å². The first-order valence-corrected chi connectivity index (χ1v) is 12.0. The summed E-state index contributed by atoms with van der Waals surface area (Å²) in [5.41, 5.74) is 7.99. The van der Waals surface area contributed by atoms with Crippen LogP contribution in [-0.2, 0) is 6.54 Å². The second kappa shape index (κ2) is 10.2. The largest absolute Gasteiger partial charge is 0.378 e. The Morgan fingerprint density at radius 1 is 0.882 bits per heavy atom. The predicted molar refractivity (Wildman–Crippen MR) is 145 cm³/mol. The number of carbonyl (C=O) groups is 1.